The maximum atomic E-state index is 11.1. The van der Waals surface area contributed by atoms with Crippen molar-refractivity contribution in [1.29, 1.82) is 0 Å². The Morgan fingerprint density at radius 1 is 1.30 bits per heavy atom. The third-order valence-electron chi connectivity index (χ3n) is 2.35. The van der Waals surface area contributed by atoms with Gasteiger partial charge < -0.3 is 0 Å². The molecule has 0 amide bonds. The number of hydrogen-bond donors (Lipinski definition) is 0. The molecule has 0 N–H and O–H groups in total. The molecule has 0 aromatic carbocycles. The highest BCUT2D eigenvalue weighted by atomic mass is 16.1. The molecule has 0 aliphatic heterocycles. The summed E-state index contributed by atoms with van der Waals surface area (Å²) < 4.78 is 0. The van der Waals surface area contributed by atoms with Gasteiger partial charge in [0.05, 0.1) is 0 Å². The summed E-state index contributed by atoms with van der Waals surface area (Å²) in [6.07, 6.45) is 1.79. The van der Waals surface area contributed by atoms with Crippen molar-refractivity contribution < 1.29 is 4.79 Å². The molecule has 2 atom stereocenters. The predicted octanol–water partition coefficient (Wildman–Crippen LogP) is 2.65. The molecule has 0 aliphatic rings. The summed E-state index contributed by atoms with van der Waals surface area (Å²) in [6.45, 7) is 8.23. The molecule has 0 heterocycles. The maximum Gasteiger partial charge on any atom is 0.135 e. The standard InChI is InChI=1S/C9H18O/c1-5-7(3)8(4)9(10)6-2/h7-8H,5-6H2,1-4H3/t7-,8+/m0/s1. The Balaban J connectivity index is 3.81. The molecule has 60 valence electrons. The molecule has 0 unspecified atom stereocenters. The second kappa shape index (κ2) is 4.48. The number of carbonyl (C=O) groups is 1. The minimum atomic E-state index is 0.259. The molecule has 1 heteroatoms. The SMILES string of the molecule is CCC(=O)[C@H](C)[C@@H](C)CC. The lowest BCUT2D eigenvalue weighted by atomic mass is 9.89. The summed E-state index contributed by atoms with van der Waals surface area (Å²) in [5, 5.41) is 0. The van der Waals surface area contributed by atoms with E-state index in [4.69, 9.17) is 0 Å². The number of rotatable bonds is 4. The lowest BCUT2D eigenvalue weighted by molar-refractivity contribution is -0.123. The molecular weight excluding hydrogens is 124 g/mol. The van der Waals surface area contributed by atoms with Crippen LogP contribution >= 0.6 is 0 Å². The maximum absolute atomic E-state index is 11.1. The summed E-state index contributed by atoms with van der Waals surface area (Å²) in [4.78, 5) is 11.1. The molecule has 0 aromatic heterocycles. The van der Waals surface area contributed by atoms with Crippen LogP contribution in [0.15, 0.2) is 0 Å². The van der Waals surface area contributed by atoms with Crippen LogP contribution in [-0.2, 0) is 4.79 Å². The summed E-state index contributed by atoms with van der Waals surface area (Å²) >= 11 is 0. The van der Waals surface area contributed by atoms with Crippen LogP contribution < -0.4 is 0 Å². The molecule has 0 rings (SSSR count). The van der Waals surface area contributed by atoms with E-state index in [0.29, 0.717) is 18.1 Å². The van der Waals surface area contributed by atoms with Crippen LogP contribution in [0.5, 0.6) is 0 Å². The molecule has 0 fully saturated rings. The topological polar surface area (TPSA) is 17.1 Å². The Kier molecular flexibility index (Phi) is 4.33. The number of Topliss-reactive ketones (excluding diaryl/α,β-unsaturated/α-hetero) is 1. The Labute approximate surface area is 63.8 Å². The zero-order valence-corrected chi connectivity index (χ0v) is 7.48. The fraction of sp³-hybridized carbons (Fsp3) is 0.889. The van der Waals surface area contributed by atoms with E-state index in [2.05, 4.69) is 13.8 Å². The monoisotopic (exact) mass is 142 g/mol. The molecule has 10 heavy (non-hydrogen) atoms. The van der Waals surface area contributed by atoms with Gasteiger partial charge in [0.25, 0.3) is 0 Å². The van der Waals surface area contributed by atoms with Crippen molar-refractivity contribution in [2.24, 2.45) is 11.8 Å². The van der Waals surface area contributed by atoms with E-state index in [9.17, 15) is 4.79 Å². The Bertz CT molecular complexity index is 107. The molecule has 0 bridgehead atoms. The van der Waals surface area contributed by atoms with Crippen molar-refractivity contribution in [3.05, 3.63) is 0 Å². The van der Waals surface area contributed by atoms with Gasteiger partial charge in [-0.3, -0.25) is 4.79 Å². The van der Waals surface area contributed by atoms with Crippen LogP contribution in [0.25, 0.3) is 0 Å². The number of hydrogen-bond acceptors (Lipinski definition) is 1. The lowest BCUT2D eigenvalue weighted by Crippen LogP contribution is -2.17. The van der Waals surface area contributed by atoms with Crippen molar-refractivity contribution >= 4 is 5.78 Å². The minimum absolute atomic E-state index is 0.259. The van der Waals surface area contributed by atoms with Crippen molar-refractivity contribution in [3.63, 3.8) is 0 Å². The van der Waals surface area contributed by atoms with Gasteiger partial charge in [-0.1, -0.05) is 34.1 Å². The van der Waals surface area contributed by atoms with Crippen LogP contribution in [0.4, 0.5) is 0 Å². The smallest absolute Gasteiger partial charge is 0.135 e. The highest BCUT2D eigenvalue weighted by molar-refractivity contribution is 5.80. The zero-order chi connectivity index (χ0) is 8.15. The van der Waals surface area contributed by atoms with Crippen molar-refractivity contribution in [1.82, 2.24) is 0 Å². The van der Waals surface area contributed by atoms with E-state index in [1.165, 1.54) is 0 Å². The van der Waals surface area contributed by atoms with Gasteiger partial charge in [0.2, 0.25) is 0 Å². The van der Waals surface area contributed by atoms with Crippen LogP contribution in [0.3, 0.4) is 0 Å². The lowest BCUT2D eigenvalue weighted by Gasteiger charge is -2.15. The van der Waals surface area contributed by atoms with E-state index >= 15 is 0 Å². The fourth-order valence-electron chi connectivity index (χ4n) is 0.993. The Morgan fingerprint density at radius 2 is 1.80 bits per heavy atom. The first kappa shape index (κ1) is 9.67. The fourth-order valence-corrected chi connectivity index (χ4v) is 0.993. The number of carbonyl (C=O) groups excluding carboxylic acids is 1. The summed E-state index contributed by atoms with van der Waals surface area (Å²) in [7, 11) is 0. The third-order valence-corrected chi connectivity index (χ3v) is 2.35. The average Bonchev–Trinajstić information content (AvgIpc) is 2.00. The zero-order valence-electron chi connectivity index (χ0n) is 7.48. The van der Waals surface area contributed by atoms with E-state index < -0.39 is 0 Å². The van der Waals surface area contributed by atoms with Crippen LogP contribution in [0, 0.1) is 11.8 Å². The van der Waals surface area contributed by atoms with Gasteiger partial charge in [-0.05, 0) is 5.92 Å². The highest BCUT2D eigenvalue weighted by Crippen LogP contribution is 2.16. The van der Waals surface area contributed by atoms with Crippen molar-refractivity contribution in [2.45, 2.75) is 40.5 Å². The molecule has 0 radical (unpaired) electrons. The van der Waals surface area contributed by atoms with Crippen molar-refractivity contribution in [2.75, 3.05) is 0 Å². The summed E-state index contributed by atoms with van der Waals surface area (Å²) in [5.74, 6) is 1.21. The van der Waals surface area contributed by atoms with Gasteiger partial charge in [-0.25, -0.2) is 0 Å². The van der Waals surface area contributed by atoms with Crippen molar-refractivity contribution in [3.8, 4) is 0 Å². The first-order chi connectivity index (χ1) is 4.63. The first-order valence-electron chi connectivity index (χ1n) is 4.16. The predicted molar refractivity (Wildman–Crippen MR) is 43.9 cm³/mol. The van der Waals surface area contributed by atoms with E-state index in [-0.39, 0.29) is 5.92 Å². The third kappa shape index (κ3) is 2.51. The molecule has 0 saturated heterocycles. The summed E-state index contributed by atoms with van der Waals surface area (Å²) in [6, 6.07) is 0. The van der Waals surface area contributed by atoms with Crippen LogP contribution in [0.1, 0.15) is 40.5 Å². The van der Waals surface area contributed by atoms with E-state index in [1.807, 2.05) is 13.8 Å². The molecule has 0 saturated carbocycles. The highest BCUT2D eigenvalue weighted by Gasteiger charge is 2.15. The van der Waals surface area contributed by atoms with E-state index in [0.717, 1.165) is 6.42 Å². The molecule has 1 nitrogen and oxygen atoms in total. The van der Waals surface area contributed by atoms with Gasteiger partial charge in [0.1, 0.15) is 5.78 Å². The first-order valence-corrected chi connectivity index (χ1v) is 4.16. The average molecular weight is 142 g/mol. The second-order valence-corrected chi connectivity index (χ2v) is 2.99. The largest absolute Gasteiger partial charge is 0.299 e. The summed E-state index contributed by atoms with van der Waals surface area (Å²) in [5.41, 5.74) is 0. The molecular formula is C9H18O. The van der Waals surface area contributed by atoms with Crippen LogP contribution in [0.2, 0.25) is 0 Å². The molecule has 0 aliphatic carbocycles. The minimum Gasteiger partial charge on any atom is -0.299 e. The normalized spacial score (nSPS) is 16.4. The quantitative estimate of drug-likeness (QED) is 0.589. The van der Waals surface area contributed by atoms with Gasteiger partial charge in [-0.15, -0.1) is 0 Å². The molecule has 0 spiro atoms. The van der Waals surface area contributed by atoms with E-state index in [1.54, 1.807) is 0 Å². The Hall–Kier alpha value is -0.330. The molecule has 0 aromatic rings. The van der Waals surface area contributed by atoms with Gasteiger partial charge in [0.15, 0.2) is 0 Å². The van der Waals surface area contributed by atoms with Crippen LogP contribution in [-0.4, -0.2) is 5.78 Å². The Morgan fingerprint density at radius 3 is 2.10 bits per heavy atom. The van der Waals surface area contributed by atoms with Gasteiger partial charge in [-0.2, -0.15) is 0 Å². The second-order valence-electron chi connectivity index (χ2n) is 2.99. The van der Waals surface area contributed by atoms with Gasteiger partial charge >= 0.3 is 0 Å². The number of ketones is 1. The van der Waals surface area contributed by atoms with Gasteiger partial charge in [0, 0.05) is 12.3 Å².